The first-order chi connectivity index (χ1) is 13.1. The Balaban J connectivity index is 1.58. The minimum Gasteiger partial charge on any atom is -0.352 e. The number of hydrogen-bond acceptors (Lipinski definition) is 3. The molecular weight excluding hydrogens is 345 g/mol. The average molecular weight is 367 g/mol. The Morgan fingerprint density at radius 3 is 2.78 bits per heavy atom. The molecule has 1 aromatic carbocycles. The first-order valence-corrected chi connectivity index (χ1v) is 9.11. The van der Waals surface area contributed by atoms with Gasteiger partial charge < -0.3 is 10.6 Å². The standard InChI is InChI=1S/C21H22FN3O2/c22-17-7-4-8-18(14-17)25-21(27)19-13-16(10-12-23-19)20(26)24-11-9-15-5-2-1-3-6-15/h4-5,7-8,10,12-14H,1-3,6,9,11H2,(H,24,26)(H,25,27). The van der Waals surface area contributed by atoms with E-state index in [1.165, 1.54) is 48.9 Å². The van der Waals surface area contributed by atoms with Gasteiger partial charge in [0, 0.05) is 24.0 Å². The highest BCUT2D eigenvalue weighted by molar-refractivity contribution is 6.04. The molecule has 3 rings (SSSR count). The van der Waals surface area contributed by atoms with Gasteiger partial charge in [0.2, 0.25) is 0 Å². The molecule has 140 valence electrons. The summed E-state index contributed by atoms with van der Waals surface area (Å²) in [5.74, 6) is -1.18. The summed E-state index contributed by atoms with van der Waals surface area (Å²) in [6.07, 6.45) is 9.22. The molecule has 0 radical (unpaired) electrons. The first kappa shape index (κ1) is 18.8. The van der Waals surface area contributed by atoms with Crippen molar-refractivity contribution in [3.8, 4) is 0 Å². The summed E-state index contributed by atoms with van der Waals surface area (Å²) in [7, 11) is 0. The third kappa shape index (κ3) is 5.48. The van der Waals surface area contributed by atoms with E-state index in [2.05, 4.69) is 21.7 Å². The van der Waals surface area contributed by atoms with E-state index in [-0.39, 0.29) is 11.6 Å². The topological polar surface area (TPSA) is 71.1 Å². The van der Waals surface area contributed by atoms with Crippen molar-refractivity contribution in [2.45, 2.75) is 32.1 Å². The van der Waals surface area contributed by atoms with E-state index in [0.717, 1.165) is 19.3 Å². The third-order valence-corrected chi connectivity index (χ3v) is 4.45. The Labute approximate surface area is 157 Å². The van der Waals surface area contributed by atoms with Gasteiger partial charge >= 0.3 is 0 Å². The highest BCUT2D eigenvalue weighted by Gasteiger charge is 2.13. The second kappa shape index (κ2) is 9.07. The number of allylic oxidation sites excluding steroid dienone is 1. The maximum Gasteiger partial charge on any atom is 0.274 e. The van der Waals surface area contributed by atoms with Gasteiger partial charge in [-0.15, -0.1) is 0 Å². The molecule has 0 spiro atoms. The zero-order valence-corrected chi connectivity index (χ0v) is 15.0. The zero-order valence-electron chi connectivity index (χ0n) is 15.0. The van der Waals surface area contributed by atoms with E-state index in [9.17, 15) is 14.0 Å². The molecule has 1 aliphatic rings. The highest BCUT2D eigenvalue weighted by atomic mass is 19.1. The molecule has 0 unspecified atom stereocenters. The molecule has 1 heterocycles. The van der Waals surface area contributed by atoms with E-state index in [1.54, 1.807) is 12.1 Å². The van der Waals surface area contributed by atoms with E-state index < -0.39 is 11.7 Å². The first-order valence-electron chi connectivity index (χ1n) is 9.11. The number of nitrogens with one attached hydrogen (secondary N) is 2. The molecule has 2 aromatic rings. The van der Waals surface area contributed by atoms with Gasteiger partial charge in [-0.25, -0.2) is 4.39 Å². The second-order valence-corrected chi connectivity index (χ2v) is 6.51. The van der Waals surface area contributed by atoms with Crippen LogP contribution in [0.3, 0.4) is 0 Å². The van der Waals surface area contributed by atoms with Crippen molar-refractivity contribution in [3.05, 3.63) is 71.3 Å². The average Bonchev–Trinajstić information content (AvgIpc) is 2.69. The third-order valence-electron chi connectivity index (χ3n) is 4.45. The van der Waals surface area contributed by atoms with Gasteiger partial charge in [-0.3, -0.25) is 14.6 Å². The number of pyridine rings is 1. The van der Waals surface area contributed by atoms with Crippen molar-refractivity contribution in [3.63, 3.8) is 0 Å². The van der Waals surface area contributed by atoms with Gasteiger partial charge in [-0.2, -0.15) is 0 Å². The quantitative estimate of drug-likeness (QED) is 0.756. The van der Waals surface area contributed by atoms with Gasteiger partial charge in [0.05, 0.1) is 0 Å². The van der Waals surface area contributed by atoms with E-state index in [4.69, 9.17) is 0 Å². The lowest BCUT2D eigenvalue weighted by Crippen LogP contribution is -2.25. The smallest absolute Gasteiger partial charge is 0.274 e. The molecule has 6 heteroatoms. The van der Waals surface area contributed by atoms with Gasteiger partial charge in [-0.1, -0.05) is 17.7 Å². The summed E-state index contributed by atoms with van der Waals surface area (Å²) >= 11 is 0. The van der Waals surface area contributed by atoms with Crippen LogP contribution < -0.4 is 10.6 Å². The number of halogens is 1. The monoisotopic (exact) mass is 367 g/mol. The molecule has 0 saturated heterocycles. The number of nitrogens with zero attached hydrogens (tertiary/aromatic N) is 1. The summed E-state index contributed by atoms with van der Waals surface area (Å²) < 4.78 is 13.2. The molecule has 1 aliphatic carbocycles. The van der Waals surface area contributed by atoms with E-state index >= 15 is 0 Å². The van der Waals surface area contributed by atoms with Gasteiger partial charge in [0.25, 0.3) is 11.8 Å². The number of benzene rings is 1. The molecule has 1 aromatic heterocycles. The molecule has 0 bridgehead atoms. The molecule has 5 nitrogen and oxygen atoms in total. The van der Waals surface area contributed by atoms with Crippen LogP contribution in [0.2, 0.25) is 0 Å². The number of carbonyl (C=O) groups excluding carboxylic acids is 2. The van der Waals surface area contributed by atoms with Crippen LogP contribution in [-0.2, 0) is 0 Å². The van der Waals surface area contributed by atoms with Gasteiger partial charge in [0.15, 0.2) is 0 Å². The summed E-state index contributed by atoms with van der Waals surface area (Å²) in [5, 5.41) is 5.45. The number of hydrogen-bond donors (Lipinski definition) is 2. The van der Waals surface area contributed by atoms with E-state index in [0.29, 0.717) is 17.8 Å². The van der Waals surface area contributed by atoms with Crippen molar-refractivity contribution in [2.75, 3.05) is 11.9 Å². The molecule has 0 saturated carbocycles. The lowest BCUT2D eigenvalue weighted by molar-refractivity contribution is 0.0954. The summed E-state index contributed by atoms with van der Waals surface area (Å²) in [6, 6.07) is 8.59. The van der Waals surface area contributed by atoms with Crippen molar-refractivity contribution in [1.29, 1.82) is 0 Å². The van der Waals surface area contributed by atoms with Gasteiger partial charge in [0.1, 0.15) is 11.5 Å². The number of rotatable bonds is 6. The summed E-state index contributed by atoms with van der Waals surface area (Å²) in [5.41, 5.74) is 2.19. The number of amides is 2. The largest absolute Gasteiger partial charge is 0.352 e. The van der Waals surface area contributed by atoms with Crippen LogP contribution in [0.1, 0.15) is 53.0 Å². The number of anilines is 1. The normalized spacial score (nSPS) is 13.6. The van der Waals surface area contributed by atoms with E-state index in [1.807, 2.05) is 0 Å². The Hall–Kier alpha value is -3.02. The SMILES string of the molecule is O=C(NCCC1=CCCCC1)c1ccnc(C(=O)Nc2cccc(F)c2)c1. The Morgan fingerprint density at radius 2 is 2.00 bits per heavy atom. The van der Waals surface area contributed by atoms with Gasteiger partial charge in [-0.05, 0) is 62.4 Å². The number of aromatic nitrogens is 1. The minimum atomic E-state index is -0.498. The van der Waals surface area contributed by atoms with Crippen molar-refractivity contribution >= 4 is 17.5 Å². The van der Waals surface area contributed by atoms with Crippen molar-refractivity contribution in [2.24, 2.45) is 0 Å². The molecule has 0 atom stereocenters. The maximum absolute atomic E-state index is 13.2. The molecular formula is C21H22FN3O2. The Kier molecular flexibility index (Phi) is 6.30. The molecule has 2 amide bonds. The fourth-order valence-electron chi connectivity index (χ4n) is 3.03. The molecule has 0 aliphatic heterocycles. The van der Waals surface area contributed by atoms with Crippen LogP contribution in [0.15, 0.2) is 54.2 Å². The lowest BCUT2D eigenvalue weighted by atomic mass is 9.97. The highest BCUT2D eigenvalue weighted by Crippen LogP contribution is 2.19. The Bertz CT molecular complexity index is 864. The molecule has 2 N–H and O–H groups in total. The Morgan fingerprint density at radius 1 is 1.11 bits per heavy atom. The fraction of sp³-hybridized carbons (Fsp3) is 0.286. The molecule has 0 fully saturated rings. The van der Waals surface area contributed by atoms with Crippen LogP contribution in [-0.4, -0.2) is 23.3 Å². The summed E-state index contributed by atoms with van der Waals surface area (Å²) in [4.78, 5) is 28.6. The molecule has 27 heavy (non-hydrogen) atoms. The van der Waals surface area contributed by atoms with Crippen LogP contribution >= 0.6 is 0 Å². The zero-order chi connectivity index (χ0) is 19.1. The lowest BCUT2D eigenvalue weighted by Gasteiger charge is -2.13. The maximum atomic E-state index is 13.2. The minimum absolute atomic E-state index is 0.0990. The van der Waals surface area contributed by atoms with Crippen LogP contribution in [0.25, 0.3) is 0 Å². The van der Waals surface area contributed by atoms with Crippen LogP contribution in [0, 0.1) is 5.82 Å². The van der Waals surface area contributed by atoms with Crippen molar-refractivity contribution < 1.29 is 14.0 Å². The fourth-order valence-corrected chi connectivity index (χ4v) is 3.03. The van der Waals surface area contributed by atoms with Crippen LogP contribution in [0.4, 0.5) is 10.1 Å². The van der Waals surface area contributed by atoms with Crippen LogP contribution in [0.5, 0.6) is 0 Å². The summed E-state index contributed by atoms with van der Waals surface area (Å²) in [6.45, 7) is 0.567. The second-order valence-electron chi connectivity index (χ2n) is 6.51. The number of carbonyl (C=O) groups is 2. The predicted octanol–water partition coefficient (Wildman–Crippen LogP) is 4.09. The van der Waals surface area contributed by atoms with Crippen molar-refractivity contribution in [1.82, 2.24) is 10.3 Å². The predicted molar refractivity (Wildman–Crippen MR) is 102 cm³/mol.